The van der Waals surface area contributed by atoms with Gasteiger partial charge in [0.05, 0.1) is 22.8 Å². The average Bonchev–Trinajstić information content (AvgIpc) is 3.09. The molecule has 0 aliphatic carbocycles. The fraction of sp³-hybridized carbons (Fsp3) is 0.357. The molecule has 0 bridgehead atoms. The first-order chi connectivity index (χ1) is 11.0. The minimum Gasteiger partial charge on any atom is -0.306 e. The van der Waals surface area contributed by atoms with E-state index in [1.54, 1.807) is 13.0 Å². The second kappa shape index (κ2) is 6.34. The van der Waals surface area contributed by atoms with Gasteiger partial charge in [-0.1, -0.05) is 6.92 Å². The highest BCUT2D eigenvalue weighted by Gasteiger charge is 2.18. The number of nitrogens with zero attached hydrogens (tertiary/aromatic N) is 2. The summed E-state index contributed by atoms with van der Waals surface area (Å²) in [5, 5.41) is 6.53. The van der Waals surface area contributed by atoms with E-state index in [0.717, 1.165) is 23.7 Å². The van der Waals surface area contributed by atoms with E-state index in [1.807, 2.05) is 0 Å². The quantitative estimate of drug-likeness (QED) is 0.836. The number of carbonyl (C=O) groups is 1. The normalized spacial score (nSPS) is 13.8. The Morgan fingerprint density at radius 1 is 1.39 bits per heavy atom. The zero-order valence-corrected chi connectivity index (χ0v) is 14.1. The molecule has 2 N–H and O–H groups in total. The fourth-order valence-electron chi connectivity index (χ4n) is 2.20. The van der Waals surface area contributed by atoms with Gasteiger partial charge in [-0.25, -0.2) is 13.4 Å². The summed E-state index contributed by atoms with van der Waals surface area (Å²) in [7, 11) is -3.27. The lowest BCUT2D eigenvalue weighted by Gasteiger charge is -2.04. The molecule has 23 heavy (non-hydrogen) atoms. The molecule has 1 aliphatic heterocycles. The minimum absolute atomic E-state index is 0.0259. The Morgan fingerprint density at radius 2 is 2.22 bits per heavy atom. The van der Waals surface area contributed by atoms with Gasteiger partial charge in [-0.2, -0.15) is 0 Å². The summed E-state index contributed by atoms with van der Waals surface area (Å²) in [6.45, 7) is 3.10. The minimum atomic E-state index is -3.27. The smallest absolute Gasteiger partial charge is 0.232 e. The Bertz CT molecular complexity index is 807. The third-order valence-corrected chi connectivity index (χ3v) is 6.21. The van der Waals surface area contributed by atoms with Crippen molar-refractivity contribution in [3.8, 4) is 0 Å². The van der Waals surface area contributed by atoms with E-state index in [0.29, 0.717) is 10.8 Å². The van der Waals surface area contributed by atoms with Crippen LogP contribution >= 0.6 is 11.3 Å². The molecule has 0 saturated heterocycles. The highest BCUT2D eigenvalue weighted by Crippen LogP contribution is 2.26. The van der Waals surface area contributed by atoms with E-state index in [2.05, 4.69) is 20.6 Å². The van der Waals surface area contributed by atoms with E-state index in [1.165, 1.54) is 23.6 Å². The lowest BCUT2D eigenvalue weighted by molar-refractivity contribution is -0.115. The van der Waals surface area contributed by atoms with Gasteiger partial charge in [0.1, 0.15) is 0 Å². The average molecular weight is 352 g/mol. The maximum atomic E-state index is 12.0. The van der Waals surface area contributed by atoms with Crippen LogP contribution in [0.3, 0.4) is 0 Å². The summed E-state index contributed by atoms with van der Waals surface area (Å²) in [6, 6.07) is 3.05. The van der Waals surface area contributed by atoms with Crippen LogP contribution in [0.2, 0.25) is 0 Å². The van der Waals surface area contributed by atoms with Crippen molar-refractivity contribution in [1.29, 1.82) is 0 Å². The van der Waals surface area contributed by atoms with E-state index >= 15 is 0 Å². The van der Waals surface area contributed by atoms with E-state index in [-0.39, 0.29) is 23.0 Å². The first kappa shape index (κ1) is 16.0. The Balaban J connectivity index is 1.63. The maximum absolute atomic E-state index is 12.0. The summed E-state index contributed by atoms with van der Waals surface area (Å²) in [5.41, 5.74) is 1.50. The van der Waals surface area contributed by atoms with Crippen molar-refractivity contribution in [2.75, 3.05) is 11.1 Å². The molecule has 1 amide bonds. The van der Waals surface area contributed by atoms with Gasteiger partial charge in [0.25, 0.3) is 0 Å². The Morgan fingerprint density at radius 3 is 2.87 bits per heavy atom. The van der Waals surface area contributed by atoms with Gasteiger partial charge >= 0.3 is 0 Å². The van der Waals surface area contributed by atoms with Crippen LogP contribution in [0.15, 0.2) is 23.2 Å². The lowest BCUT2D eigenvalue weighted by atomic mass is 10.2. The fourth-order valence-corrected chi connectivity index (χ4v) is 3.99. The van der Waals surface area contributed by atoms with Crippen LogP contribution in [0.25, 0.3) is 0 Å². The summed E-state index contributed by atoms with van der Waals surface area (Å²) < 4.78 is 23.4. The van der Waals surface area contributed by atoms with Crippen LogP contribution in [0, 0.1) is 0 Å². The van der Waals surface area contributed by atoms with Gasteiger partial charge in [0.2, 0.25) is 5.91 Å². The molecule has 0 saturated carbocycles. The topological polar surface area (TPSA) is 101 Å². The van der Waals surface area contributed by atoms with Crippen LogP contribution in [-0.2, 0) is 34.1 Å². The monoisotopic (exact) mass is 352 g/mol. The third-order valence-electron chi connectivity index (χ3n) is 3.48. The number of sulfone groups is 1. The van der Waals surface area contributed by atoms with Crippen LogP contribution in [0.5, 0.6) is 0 Å². The molecule has 0 unspecified atom stereocenters. The van der Waals surface area contributed by atoms with Crippen LogP contribution in [-0.4, -0.2) is 30.0 Å². The van der Waals surface area contributed by atoms with E-state index in [9.17, 15) is 13.2 Å². The zero-order chi connectivity index (χ0) is 16.4. The van der Waals surface area contributed by atoms with Gasteiger partial charge in [-0.05, 0) is 12.1 Å². The van der Waals surface area contributed by atoms with Crippen LogP contribution in [0.4, 0.5) is 5.13 Å². The number of pyridine rings is 1. The molecular formula is C14H16N4O3S2. The van der Waals surface area contributed by atoms with Gasteiger partial charge in [0, 0.05) is 29.9 Å². The van der Waals surface area contributed by atoms with Gasteiger partial charge in [-0.3, -0.25) is 9.78 Å². The highest BCUT2D eigenvalue weighted by molar-refractivity contribution is 7.91. The summed E-state index contributed by atoms with van der Waals surface area (Å²) in [4.78, 5) is 21.8. The van der Waals surface area contributed by atoms with Gasteiger partial charge < -0.3 is 10.6 Å². The number of anilines is 1. The number of hydrogen-bond donors (Lipinski definition) is 2. The number of fused-ring (bicyclic) bond motifs is 1. The molecule has 2 aromatic rings. The van der Waals surface area contributed by atoms with Crippen molar-refractivity contribution in [3.63, 3.8) is 0 Å². The second-order valence-electron chi connectivity index (χ2n) is 5.11. The predicted molar refractivity (Wildman–Crippen MR) is 87.0 cm³/mol. The second-order valence-corrected chi connectivity index (χ2v) is 8.47. The maximum Gasteiger partial charge on any atom is 0.232 e. The molecule has 2 aromatic heterocycles. The number of aromatic nitrogens is 2. The number of amides is 1. The molecule has 7 nitrogen and oxygen atoms in total. The third kappa shape index (κ3) is 3.57. The van der Waals surface area contributed by atoms with Gasteiger partial charge in [-0.15, -0.1) is 11.3 Å². The standard InChI is InChI=1S/C14H16N4O3S2/c1-2-23(20,21)10-4-3-9(16-6-10)5-13(19)18-14-17-11-7-15-8-12(11)22-14/h3-4,6,15H,2,5,7-8H2,1H3,(H,17,18,19). The van der Waals surface area contributed by atoms with Gasteiger partial charge in [0.15, 0.2) is 15.0 Å². The van der Waals surface area contributed by atoms with Crippen molar-refractivity contribution in [3.05, 3.63) is 34.6 Å². The molecule has 9 heteroatoms. The van der Waals surface area contributed by atoms with E-state index in [4.69, 9.17) is 0 Å². The number of thiazole rings is 1. The molecule has 0 aromatic carbocycles. The molecule has 1 aliphatic rings. The summed E-state index contributed by atoms with van der Waals surface area (Å²) in [5.74, 6) is -0.193. The number of hydrogen-bond acceptors (Lipinski definition) is 7. The van der Waals surface area contributed by atoms with Crippen molar-refractivity contribution >= 4 is 32.2 Å². The van der Waals surface area contributed by atoms with Crippen molar-refractivity contribution in [2.45, 2.75) is 31.3 Å². The number of rotatable bonds is 5. The molecule has 0 radical (unpaired) electrons. The predicted octanol–water partition coefficient (Wildman–Crippen LogP) is 1.12. The molecule has 3 heterocycles. The SMILES string of the molecule is CCS(=O)(=O)c1ccc(CC(=O)Nc2nc3c(s2)CNC3)nc1. The number of carbonyl (C=O) groups excluding carboxylic acids is 1. The zero-order valence-electron chi connectivity index (χ0n) is 12.5. The lowest BCUT2D eigenvalue weighted by Crippen LogP contribution is -2.15. The van der Waals surface area contributed by atoms with Crippen LogP contribution < -0.4 is 10.6 Å². The highest BCUT2D eigenvalue weighted by atomic mass is 32.2. The molecule has 0 spiro atoms. The first-order valence-electron chi connectivity index (χ1n) is 7.15. The van der Waals surface area contributed by atoms with Crippen molar-refractivity contribution in [2.24, 2.45) is 0 Å². The Hall–Kier alpha value is -1.84. The molecular weight excluding hydrogens is 336 g/mol. The summed E-state index contributed by atoms with van der Waals surface area (Å²) in [6.07, 6.45) is 1.37. The van der Waals surface area contributed by atoms with E-state index < -0.39 is 9.84 Å². The molecule has 122 valence electrons. The van der Waals surface area contributed by atoms with Crippen molar-refractivity contribution < 1.29 is 13.2 Å². The Kier molecular flexibility index (Phi) is 4.42. The number of nitrogens with one attached hydrogen (secondary N) is 2. The molecule has 3 rings (SSSR count). The largest absolute Gasteiger partial charge is 0.306 e. The summed E-state index contributed by atoms with van der Waals surface area (Å²) >= 11 is 1.46. The molecule has 0 atom stereocenters. The first-order valence-corrected chi connectivity index (χ1v) is 9.61. The Labute approximate surface area is 138 Å². The molecule has 0 fully saturated rings. The van der Waals surface area contributed by atoms with Crippen molar-refractivity contribution in [1.82, 2.24) is 15.3 Å². The van der Waals surface area contributed by atoms with Crippen LogP contribution in [0.1, 0.15) is 23.2 Å².